The van der Waals surface area contributed by atoms with Crippen molar-refractivity contribution in [1.29, 1.82) is 0 Å². The van der Waals surface area contributed by atoms with Gasteiger partial charge in [0.05, 0.1) is 22.1 Å². The molecule has 0 aliphatic heterocycles. The summed E-state index contributed by atoms with van der Waals surface area (Å²) in [6.07, 6.45) is 8.87. The second kappa shape index (κ2) is 11.6. The first-order valence-corrected chi connectivity index (χ1v) is 17.5. The molecule has 9 aromatic rings. The summed E-state index contributed by atoms with van der Waals surface area (Å²) in [6.45, 7) is 0. The van der Waals surface area contributed by atoms with Crippen LogP contribution < -0.4 is 0 Å². The van der Waals surface area contributed by atoms with Crippen molar-refractivity contribution in [2.45, 2.75) is 12.8 Å². The summed E-state index contributed by atoms with van der Waals surface area (Å²) in [5, 5.41) is 5.01. The molecule has 1 aliphatic rings. The minimum absolute atomic E-state index is 1.06. The zero-order valence-corrected chi connectivity index (χ0v) is 27.6. The lowest BCUT2D eigenvalue weighted by Gasteiger charge is -2.16. The van der Waals surface area contributed by atoms with Crippen molar-refractivity contribution in [2.75, 3.05) is 0 Å². The van der Waals surface area contributed by atoms with Gasteiger partial charge in [0.25, 0.3) is 0 Å². The van der Waals surface area contributed by atoms with Crippen LogP contribution in [-0.4, -0.2) is 9.13 Å². The van der Waals surface area contributed by atoms with Gasteiger partial charge in [-0.1, -0.05) is 140 Å². The molecule has 2 heteroatoms. The number of allylic oxidation sites excluding steroid dienone is 4. The molecule has 236 valence electrons. The van der Waals surface area contributed by atoms with E-state index in [2.05, 4.69) is 191 Å². The topological polar surface area (TPSA) is 9.86 Å². The molecule has 0 N–H and O–H groups in total. The van der Waals surface area contributed by atoms with Crippen LogP contribution >= 0.6 is 0 Å². The summed E-state index contributed by atoms with van der Waals surface area (Å²) < 4.78 is 5.02. The van der Waals surface area contributed by atoms with Crippen LogP contribution in [-0.2, 0) is 0 Å². The van der Waals surface area contributed by atoms with Crippen LogP contribution in [0.3, 0.4) is 0 Å². The van der Waals surface area contributed by atoms with Crippen molar-refractivity contribution in [2.24, 2.45) is 0 Å². The third kappa shape index (κ3) is 4.57. The molecule has 1 aliphatic carbocycles. The molecule has 2 heterocycles. The Labute approximate surface area is 291 Å². The molecule has 0 saturated carbocycles. The summed E-state index contributed by atoms with van der Waals surface area (Å²) in [4.78, 5) is 0. The van der Waals surface area contributed by atoms with E-state index in [0.717, 1.165) is 18.5 Å². The summed E-state index contributed by atoms with van der Waals surface area (Å²) in [5.41, 5.74) is 14.7. The lowest BCUT2D eigenvalue weighted by Crippen LogP contribution is -2.00. The van der Waals surface area contributed by atoms with Crippen molar-refractivity contribution in [3.8, 4) is 33.6 Å². The standard InChI is InChI=1S/C48H34N2/c1-4-15-33(16-5-1)36-21-14-22-39(30-36)49-45-25-12-10-23-41(45)43-27-28-44-42-24-11-13-26-46(42)50(48(44)47(43)49)40-31-37(34-17-6-2-7-18-34)29-38(32-40)35-19-8-3-9-20-35/h1-4,6-15,17-32H,5,16H2. The Morgan fingerprint density at radius 1 is 0.380 bits per heavy atom. The molecule has 0 saturated heterocycles. The molecule has 0 fully saturated rings. The highest BCUT2D eigenvalue weighted by molar-refractivity contribution is 6.23. The molecule has 0 amide bonds. The number of benzene rings is 7. The van der Waals surface area contributed by atoms with E-state index in [1.54, 1.807) is 0 Å². The minimum Gasteiger partial charge on any atom is -0.307 e. The molecule has 0 atom stereocenters. The van der Waals surface area contributed by atoms with Crippen LogP contribution in [0.25, 0.3) is 82.8 Å². The Bertz CT molecular complexity index is 2730. The van der Waals surface area contributed by atoms with Crippen LogP contribution in [0.1, 0.15) is 18.4 Å². The first-order chi connectivity index (χ1) is 24.8. The predicted octanol–water partition coefficient (Wildman–Crippen LogP) is 12.9. The SMILES string of the molecule is C1=CCCC(c2cccc(-n3c4ccccc4c4ccc5c6ccccc6n(-c6cc(-c7ccccc7)cc(-c7ccccc7)c6)c5c43)c2)=C1. The Morgan fingerprint density at radius 2 is 0.900 bits per heavy atom. The quantitative estimate of drug-likeness (QED) is 0.178. The maximum Gasteiger partial charge on any atom is 0.0788 e. The maximum absolute atomic E-state index is 2.51. The van der Waals surface area contributed by atoms with Gasteiger partial charge in [0, 0.05) is 32.9 Å². The summed E-state index contributed by atoms with van der Waals surface area (Å²) in [6, 6.07) is 60.1. The number of para-hydroxylation sites is 2. The van der Waals surface area contributed by atoms with Gasteiger partial charge in [-0.15, -0.1) is 0 Å². The fourth-order valence-corrected chi connectivity index (χ4v) is 8.06. The van der Waals surface area contributed by atoms with Gasteiger partial charge >= 0.3 is 0 Å². The first-order valence-electron chi connectivity index (χ1n) is 17.5. The molecule has 0 unspecified atom stereocenters. The van der Waals surface area contributed by atoms with Gasteiger partial charge in [-0.2, -0.15) is 0 Å². The van der Waals surface area contributed by atoms with Gasteiger partial charge in [-0.25, -0.2) is 0 Å². The van der Waals surface area contributed by atoms with E-state index >= 15 is 0 Å². The van der Waals surface area contributed by atoms with E-state index in [9.17, 15) is 0 Å². The van der Waals surface area contributed by atoms with Gasteiger partial charge in [-0.05, 0) is 88.7 Å². The van der Waals surface area contributed by atoms with Crippen LogP contribution in [0.4, 0.5) is 0 Å². The van der Waals surface area contributed by atoms with E-state index in [4.69, 9.17) is 0 Å². The minimum atomic E-state index is 1.06. The second-order valence-electron chi connectivity index (χ2n) is 13.3. The average Bonchev–Trinajstić information content (AvgIpc) is 3.72. The number of fused-ring (bicyclic) bond motifs is 7. The lowest BCUT2D eigenvalue weighted by molar-refractivity contribution is 1.05. The molecule has 50 heavy (non-hydrogen) atoms. The van der Waals surface area contributed by atoms with Crippen molar-refractivity contribution in [1.82, 2.24) is 9.13 Å². The van der Waals surface area contributed by atoms with E-state index in [0.29, 0.717) is 0 Å². The molecule has 2 aromatic heterocycles. The van der Waals surface area contributed by atoms with Crippen molar-refractivity contribution < 1.29 is 0 Å². The number of hydrogen-bond donors (Lipinski definition) is 0. The van der Waals surface area contributed by atoms with E-state index in [1.165, 1.54) is 82.7 Å². The van der Waals surface area contributed by atoms with Crippen LogP contribution in [0, 0.1) is 0 Å². The highest BCUT2D eigenvalue weighted by Crippen LogP contribution is 2.43. The molecule has 2 nitrogen and oxygen atoms in total. The summed E-state index contributed by atoms with van der Waals surface area (Å²) >= 11 is 0. The van der Waals surface area contributed by atoms with E-state index in [-0.39, 0.29) is 0 Å². The van der Waals surface area contributed by atoms with Gasteiger partial charge in [-0.3, -0.25) is 0 Å². The Hall–Kier alpha value is -6.38. The Kier molecular flexibility index (Phi) is 6.67. The van der Waals surface area contributed by atoms with Gasteiger partial charge in [0.15, 0.2) is 0 Å². The zero-order chi connectivity index (χ0) is 33.0. The lowest BCUT2D eigenvalue weighted by atomic mass is 9.97. The van der Waals surface area contributed by atoms with Crippen molar-refractivity contribution >= 4 is 49.2 Å². The van der Waals surface area contributed by atoms with Crippen LogP contribution in [0.15, 0.2) is 182 Å². The molecule has 10 rings (SSSR count). The molecule has 0 spiro atoms. The molecule has 0 radical (unpaired) electrons. The van der Waals surface area contributed by atoms with Gasteiger partial charge < -0.3 is 9.13 Å². The highest BCUT2D eigenvalue weighted by Gasteiger charge is 2.22. The second-order valence-corrected chi connectivity index (χ2v) is 13.3. The first kappa shape index (κ1) is 28.6. The normalized spacial score (nSPS) is 13.1. The monoisotopic (exact) mass is 638 g/mol. The van der Waals surface area contributed by atoms with Crippen molar-refractivity contribution in [3.05, 3.63) is 188 Å². The third-order valence-electron chi connectivity index (χ3n) is 10.3. The number of nitrogens with zero attached hydrogens (tertiary/aromatic N) is 2. The van der Waals surface area contributed by atoms with Crippen LogP contribution in [0.5, 0.6) is 0 Å². The smallest absolute Gasteiger partial charge is 0.0788 e. The highest BCUT2D eigenvalue weighted by atomic mass is 15.0. The zero-order valence-electron chi connectivity index (χ0n) is 27.6. The largest absolute Gasteiger partial charge is 0.307 e. The van der Waals surface area contributed by atoms with E-state index in [1.807, 2.05) is 0 Å². The van der Waals surface area contributed by atoms with Crippen LogP contribution in [0.2, 0.25) is 0 Å². The molecular formula is C48H34N2. The Morgan fingerprint density at radius 3 is 1.48 bits per heavy atom. The fraction of sp³-hybridized carbons (Fsp3) is 0.0417. The molecule has 7 aromatic carbocycles. The number of hydrogen-bond acceptors (Lipinski definition) is 0. The molecule has 0 bridgehead atoms. The summed E-state index contributed by atoms with van der Waals surface area (Å²) in [5.74, 6) is 0. The predicted molar refractivity (Wildman–Crippen MR) is 212 cm³/mol. The number of aromatic nitrogens is 2. The van der Waals surface area contributed by atoms with Gasteiger partial charge in [0.1, 0.15) is 0 Å². The molecular weight excluding hydrogens is 605 g/mol. The average molecular weight is 639 g/mol. The Balaban J connectivity index is 1.35. The summed E-state index contributed by atoms with van der Waals surface area (Å²) in [7, 11) is 0. The van der Waals surface area contributed by atoms with Crippen molar-refractivity contribution in [3.63, 3.8) is 0 Å². The fourth-order valence-electron chi connectivity index (χ4n) is 8.06. The maximum atomic E-state index is 2.51. The number of rotatable bonds is 5. The van der Waals surface area contributed by atoms with Gasteiger partial charge in [0.2, 0.25) is 0 Å². The van der Waals surface area contributed by atoms with E-state index < -0.39 is 0 Å². The third-order valence-corrected chi connectivity index (χ3v) is 10.3.